The van der Waals surface area contributed by atoms with E-state index in [1.54, 1.807) is 11.3 Å². The Bertz CT molecular complexity index is 400. The average Bonchev–Trinajstić information content (AvgIpc) is 2.93. The molecule has 2 heterocycles. The third-order valence-corrected chi connectivity index (χ3v) is 5.60. The van der Waals surface area contributed by atoms with E-state index >= 15 is 0 Å². The van der Waals surface area contributed by atoms with Gasteiger partial charge in [-0.05, 0) is 26.2 Å². The fraction of sp³-hybridized carbons (Fsp3) is 0.812. The van der Waals surface area contributed by atoms with E-state index in [1.807, 2.05) is 6.20 Å². The molecule has 0 aliphatic carbocycles. The number of rotatable bonds is 5. The molecule has 0 amide bonds. The average molecular weight is 295 g/mol. The molecule has 1 aliphatic rings. The van der Waals surface area contributed by atoms with Crippen molar-refractivity contribution in [1.82, 2.24) is 15.2 Å². The Morgan fingerprint density at radius 1 is 1.50 bits per heavy atom. The van der Waals surface area contributed by atoms with Gasteiger partial charge in [-0.1, -0.05) is 27.2 Å². The van der Waals surface area contributed by atoms with E-state index in [1.165, 1.54) is 17.8 Å². The topological polar surface area (TPSA) is 28.2 Å². The summed E-state index contributed by atoms with van der Waals surface area (Å²) >= 11 is 1.78. The molecule has 0 spiro atoms. The second kappa shape index (κ2) is 6.54. The van der Waals surface area contributed by atoms with Gasteiger partial charge in [-0.2, -0.15) is 0 Å². The van der Waals surface area contributed by atoms with Gasteiger partial charge in [-0.15, -0.1) is 11.3 Å². The Hall–Kier alpha value is -0.450. The van der Waals surface area contributed by atoms with E-state index in [-0.39, 0.29) is 5.54 Å². The molecule has 1 saturated heterocycles. The highest BCUT2D eigenvalue weighted by atomic mass is 32.1. The molecule has 0 radical (unpaired) electrons. The summed E-state index contributed by atoms with van der Waals surface area (Å²) < 4.78 is 0. The predicted molar refractivity (Wildman–Crippen MR) is 87.2 cm³/mol. The molecular weight excluding hydrogens is 266 g/mol. The highest BCUT2D eigenvalue weighted by Gasteiger charge is 2.40. The van der Waals surface area contributed by atoms with Crippen molar-refractivity contribution in [2.45, 2.75) is 65.1 Å². The molecule has 114 valence electrons. The van der Waals surface area contributed by atoms with Crippen LogP contribution >= 0.6 is 11.3 Å². The quantitative estimate of drug-likeness (QED) is 0.901. The number of nitrogens with zero attached hydrogens (tertiary/aromatic N) is 2. The van der Waals surface area contributed by atoms with E-state index in [0.29, 0.717) is 18.0 Å². The van der Waals surface area contributed by atoms with Crippen molar-refractivity contribution < 1.29 is 0 Å². The Labute approximate surface area is 127 Å². The van der Waals surface area contributed by atoms with Crippen molar-refractivity contribution in [3.05, 3.63) is 16.6 Å². The largest absolute Gasteiger partial charge is 0.311 e. The lowest BCUT2D eigenvalue weighted by Gasteiger charge is -2.49. The smallest absolute Gasteiger partial charge is 0.112 e. The van der Waals surface area contributed by atoms with E-state index in [0.717, 1.165) is 13.1 Å². The van der Waals surface area contributed by atoms with Crippen LogP contribution in [0.3, 0.4) is 0 Å². The molecule has 0 bridgehead atoms. The minimum atomic E-state index is 0.0250. The highest BCUT2D eigenvalue weighted by Crippen LogP contribution is 2.34. The van der Waals surface area contributed by atoms with Gasteiger partial charge < -0.3 is 5.32 Å². The standard InChI is InChI=1S/C16H29N3S/c1-6-7-13-11-19(14(10-18-13)12(2)3)16(4,5)15-17-8-9-20-15/h8-9,12-14,18H,6-7,10-11H2,1-5H3. The molecule has 2 atom stereocenters. The molecule has 1 aromatic rings. The molecular formula is C16H29N3S. The molecule has 0 aromatic carbocycles. The van der Waals surface area contributed by atoms with Crippen LogP contribution in [-0.4, -0.2) is 35.1 Å². The van der Waals surface area contributed by atoms with Gasteiger partial charge in [0.25, 0.3) is 0 Å². The summed E-state index contributed by atoms with van der Waals surface area (Å²) in [5.41, 5.74) is 0.0250. The zero-order valence-electron chi connectivity index (χ0n) is 13.5. The van der Waals surface area contributed by atoms with Crippen molar-refractivity contribution >= 4 is 11.3 Å². The summed E-state index contributed by atoms with van der Waals surface area (Å²) in [4.78, 5) is 7.27. The molecule has 4 heteroatoms. The molecule has 2 unspecified atom stereocenters. The Morgan fingerprint density at radius 3 is 2.80 bits per heavy atom. The fourth-order valence-corrected chi connectivity index (χ4v) is 4.04. The lowest BCUT2D eigenvalue weighted by Crippen LogP contribution is -2.63. The van der Waals surface area contributed by atoms with Gasteiger partial charge in [0.1, 0.15) is 5.01 Å². The highest BCUT2D eigenvalue weighted by molar-refractivity contribution is 7.09. The number of hydrogen-bond acceptors (Lipinski definition) is 4. The van der Waals surface area contributed by atoms with Crippen molar-refractivity contribution in [3.63, 3.8) is 0 Å². The minimum Gasteiger partial charge on any atom is -0.311 e. The molecule has 2 rings (SSSR count). The fourth-order valence-electron chi connectivity index (χ4n) is 3.26. The number of piperazine rings is 1. The van der Waals surface area contributed by atoms with E-state index < -0.39 is 0 Å². The Balaban J connectivity index is 2.22. The maximum absolute atomic E-state index is 4.58. The third kappa shape index (κ3) is 3.23. The first-order valence-electron chi connectivity index (χ1n) is 7.87. The van der Waals surface area contributed by atoms with Gasteiger partial charge in [0.2, 0.25) is 0 Å². The van der Waals surface area contributed by atoms with Crippen LogP contribution in [0.5, 0.6) is 0 Å². The zero-order chi connectivity index (χ0) is 14.8. The maximum Gasteiger partial charge on any atom is 0.112 e. The van der Waals surface area contributed by atoms with Gasteiger partial charge in [0.15, 0.2) is 0 Å². The van der Waals surface area contributed by atoms with Gasteiger partial charge in [-0.3, -0.25) is 4.90 Å². The molecule has 20 heavy (non-hydrogen) atoms. The van der Waals surface area contributed by atoms with Crippen LogP contribution in [0, 0.1) is 5.92 Å². The monoisotopic (exact) mass is 295 g/mol. The van der Waals surface area contributed by atoms with Gasteiger partial charge in [0, 0.05) is 36.8 Å². The summed E-state index contributed by atoms with van der Waals surface area (Å²) in [5, 5.41) is 7.07. The maximum atomic E-state index is 4.58. The summed E-state index contributed by atoms with van der Waals surface area (Å²) in [6, 6.07) is 1.20. The summed E-state index contributed by atoms with van der Waals surface area (Å²) in [5.74, 6) is 0.657. The lowest BCUT2D eigenvalue weighted by molar-refractivity contribution is 0.00589. The van der Waals surface area contributed by atoms with E-state index in [2.05, 4.69) is 55.2 Å². The number of nitrogens with one attached hydrogen (secondary N) is 1. The normalized spacial score (nSPS) is 25.3. The Kier molecular flexibility index (Phi) is 5.21. The van der Waals surface area contributed by atoms with Gasteiger partial charge >= 0.3 is 0 Å². The molecule has 1 aliphatic heterocycles. The van der Waals surface area contributed by atoms with Crippen LogP contribution in [-0.2, 0) is 5.54 Å². The van der Waals surface area contributed by atoms with Crippen LogP contribution in [0.25, 0.3) is 0 Å². The molecule has 1 fully saturated rings. The SMILES string of the molecule is CCCC1CN(C(C)(C)c2nccs2)C(C(C)C)CN1. The van der Waals surface area contributed by atoms with E-state index in [9.17, 15) is 0 Å². The molecule has 1 N–H and O–H groups in total. The summed E-state index contributed by atoms with van der Waals surface area (Å²) in [6.45, 7) is 13.8. The lowest BCUT2D eigenvalue weighted by atomic mass is 9.90. The van der Waals surface area contributed by atoms with Crippen LogP contribution in [0.4, 0.5) is 0 Å². The van der Waals surface area contributed by atoms with Gasteiger partial charge in [0.05, 0.1) is 5.54 Å². The van der Waals surface area contributed by atoms with E-state index in [4.69, 9.17) is 0 Å². The summed E-state index contributed by atoms with van der Waals surface area (Å²) in [7, 11) is 0. The molecule has 1 aromatic heterocycles. The summed E-state index contributed by atoms with van der Waals surface area (Å²) in [6.07, 6.45) is 4.43. The third-order valence-electron chi connectivity index (χ3n) is 4.51. The minimum absolute atomic E-state index is 0.0250. The Morgan fingerprint density at radius 2 is 2.25 bits per heavy atom. The van der Waals surface area contributed by atoms with Crippen molar-refractivity contribution in [2.24, 2.45) is 5.92 Å². The molecule has 0 saturated carbocycles. The van der Waals surface area contributed by atoms with Crippen LogP contribution < -0.4 is 5.32 Å². The molecule has 3 nitrogen and oxygen atoms in total. The predicted octanol–water partition coefficient (Wildman–Crippen LogP) is 3.48. The number of aromatic nitrogens is 1. The van der Waals surface area contributed by atoms with Crippen molar-refractivity contribution in [2.75, 3.05) is 13.1 Å². The number of thiazole rings is 1. The van der Waals surface area contributed by atoms with Crippen LogP contribution in [0.15, 0.2) is 11.6 Å². The first kappa shape index (κ1) is 15.9. The van der Waals surface area contributed by atoms with Gasteiger partial charge in [-0.25, -0.2) is 4.98 Å². The van der Waals surface area contributed by atoms with Crippen molar-refractivity contribution in [3.8, 4) is 0 Å². The second-order valence-corrected chi connectivity index (χ2v) is 7.65. The zero-order valence-corrected chi connectivity index (χ0v) is 14.3. The first-order valence-corrected chi connectivity index (χ1v) is 8.74. The second-order valence-electron chi connectivity index (χ2n) is 6.75. The van der Waals surface area contributed by atoms with Crippen LogP contribution in [0.1, 0.15) is 52.5 Å². The van der Waals surface area contributed by atoms with Crippen LogP contribution in [0.2, 0.25) is 0 Å². The van der Waals surface area contributed by atoms with Crippen molar-refractivity contribution in [1.29, 1.82) is 0 Å². The number of hydrogen-bond donors (Lipinski definition) is 1. The first-order chi connectivity index (χ1) is 9.46.